The second-order valence-corrected chi connectivity index (χ2v) is 7.71. The highest BCUT2D eigenvalue weighted by atomic mass is 32.2. The quantitative estimate of drug-likeness (QED) is 0.457. The van der Waals surface area contributed by atoms with E-state index in [2.05, 4.69) is 21.9 Å². The first-order valence-corrected chi connectivity index (χ1v) is 10.2. The molecule has 144 valence electrons. The number of H-pyrrole nitrogens is 1. The van der Waals surface area contributed by atoms with Crippen LogP contribution in [0.4, 0.5) is 5.82 Å². The number of aromatic amines is 1. The van der Waals surface area contributed by atoms with Crippen molar-refractivity contribution >= 4 is 23.4 Å². The fourth-order valence-corrected chi connectivity index (χ4v) is 4.46. The van der Waals surface area contributed by atoms with E-state index in [4.69, 9.17) is 4.74 Å². The number of ether oxygens (including phenoxy) is 1. The fourth-order valence-electron chi connectivity index (χ4n) is 3.86. The number of para-hydroxylation sites is 1. The van der Waals surface area contributed by atoms with E-state index in [1.54, 1.807) is 13.2 Å². The third kappa shape index (κ3) is 3.16. The van der Waals surface area contributed by atoms with Gasteiger partial charge in [-0.25, -0.2) is 4.98 Å². The molecule has 0 amide bonds. The number of fused-ring (bicyclic) bond motifs is 1. The molecule has 1 atom stereocenters. The van der Waals surface area contributed by atoms with E-state index in [9.17, 15) is 9.59 Å². The lowest BCUT2D eigenvalue weighted by molar-refractivity contribution is -0.116. The van der Waals surface area contributed by atoms with Gasteiger partial charge in [0, 0.05) is 29.0 Å². The molecule has 0 radical (unpaired) electrons. The maximum atomic E-state index is 13.1. The lowest BCUT2D eigenvalue weighted by atomic mass is 9.76. The van der Waals surface area contributed by atoms with Crippen molar-refractivity contribution in [1.82, 2.24) is 9.97 Å². The van der Waals surface area contributed by atoms with Crippen LogP contribution >= 0.6 is 11.8 Å². The van der Waals surface area contributed by atoms with E-state index in [0.29, 0.717) is 40.0 Å². The van der Waals surface area contributed by atoms with E-state index >= 15 is 0 Å². The molecule has 2 aliphatic rings. The van der Waals surface area contributed by atoms with Crippen molar-refractivity contribution in [3.8, 4) is 5.75 Å². The second kappa shape index (κ2) is 7.67. The zero-order valence-electron chi connectivity index (χ0n) is 15.6. The number of thioether (sulfide) groups is 1. The highest BCUT2D eigenvalue weighted by Crippen LogP contribution is 2.45. The van der Waals surface area contributed by atoms with Crippen LogP contribution < -0.4 is 15.6 Å². The highest BCUT2D eigenvalue weighted by molar-refractivity contribution is 7.99. The molecule has 0 saturated carbocycles. The molecule has 6 nitrogen and oxygen atoms in total. The van der Waals surface area contributed by atoms with Gasteiger partial charge in [0.2, 0.25) is 0 Å². The van der Waals surface area contributed by atoms with Crippen molar-refractivity contribution in [2.24, 2.45) is 0 Å². The summed E-state index contributed by atoms with van der Waals surface area (Å²) in [6.07, 6.45) is 3.80. The van der Waals surface area contributed by atoms with Gasteiger partial charge in [0.25, 0.3) is 5.56 Å². The van der Waals surface area contributed by atoms with Gasteiger partial charge in [-0.05, 0) is 18.9 Å². The van der Waals surface area contributed by atoms with Gasteiger partial charge < -0.3 is 15.0 Å². The van der Waals surface area contributed by atoms with Gasteiger partial charge in [-0.2, -0.15) is 0 Å². The SMILES string of the molecule is C=CCSc1nc2c(c(=O)[nH]1)C(c1ccccc1OC)C1=C(CCCC1=O)N2. The van der Waals surface area contributed by atoms with Crippen molar-refractivity contribution in [3.63, 3.8) is 0 Å². The molecule has 1 aliphatic heterocycles. The number of ketones is 1. The standard InChI is InChI=1S/C21H21N3O3S/c1-3-11-28-21-23-19-18(20(26)24-21)16(12-7-4-5-10-15(12)27-2)17-13(22-19)8-6-9-14(17)25/h3-5,7,10,16H,1,6,8-9,11H2,2H3,(H2,22,23,24,26). The normalized spacial score (nSPS) is 18.2. The summed E-state index contributed by atoms with van der Waals surface area (Å²) in [7, 11) is 1.59. The van der Waals surface area contributed by atoms with Gasteiger partial charge in [-0.3, -0.25) is 9.59 Å². The molecule has 4 rings (SSSR count). The number of rotatable bonds is 5. The van der Waals surface area contributed by atoms with Crippen LogP contribution in [0.1, 0.15) is 36.3 Å². The number of methoxy groups -OCH3 is 1. The summed E-state index contributed by atoms with van der Waals surface area (Å²) in [4.78, 5) is 33.4. The van der Waals surface area contributed by atoms with Crippen LogP contribution in [0.3, 0.4) is 0 Å². The highest BCUT2D eigenvalue weighted by Gasteiger charge is 2.38. The van der Waals surface area contributed by atoms with Crippen LogP contribution in [-0.2, 0) is 4.79 Å². The average Bonchev–Trinajstić information content (AvgIpc) is 2.71. The Bertz CT molecular complexity index is 1040. The molecule has 7 heteroatoms. The number of nitrogens with one attached hydrogen (secondary N) is 2. The molecule has 1 aromatic heterocycles. The van der Waals surface area contributed by atoms with Crippen LogP contribution in [0.2, 0.25) is 0 Å². The minimum absolute atomic E-state index is 0.0693. The van der Waals surface area contributed by atoms with Gasteiger partial charge in [0.15, 0.2) is 10.9 Å². The Morgan fingerprint density at radius 3 is 2.93 bits per heavy atom. The topological polar surface area (TPSA) is 84.1 Å². The number of carbonyl (C=O) groups is 1. The smallest absolute Gasteiger partial charge is 0.257 e. The summed E-state index contributed by atoms with van der Waals surface area (Å²) in [5.41, 5.74) is 2.53. The molecular formula is C21H21N3O3S. The summed E-state index contributed by atoms with van der Waals surface area (Å²) in [5, 5.41) is 3.80. The lowest BCUT2D eigenvalue weighted by Gasteiger charge is -2.33. The number of benzene rings is 1. The minimum Gasteiger partial charge on any atom is -0.496 e. The lowest BCUT2D eigenvalue weighted by Crippen LogP contribution is -2.32. The van der Waals surface area contributed by atoms with E-state index in [0.717, 1.165) is 24.1 Å². The molecule has 0 fully saturated rings. The number of hydrogen-bond donors (Lipinski definition) is 2. The van der Waals surface area contributed by atoms with Crippen molar-refractivity contribution in [3.05, 3.63) is 69.7 Å². The van der Waals surface area contributed by atoms with Crippen LogP contribution in [0.5, 0.6) is 5.75 Å². The Kier molecular flexibility index (Phi) is 5.09. The number of anilines is 1. The summed E-state index contributed by atoms with van der Waals surface area (Å²) in [6, 6.07) is 7.52. The van der Waals surface area contributed by atoms with Gasteiger partial charge in [-0.1, -0.05) is 36.0 Å². The third-order valence-electron chi connectivity index (χ3n) is 5.02. The van der Waals surface area contributed by atoms with Crippen molar-refractivity contribution in [2.45, 2.75) is 30.3 Å². The van der Waals surface area contributed by atoms with Crippen molar-refractivity contribution in [2.75, 3.05) is 18.2 Å². The molecule has 2 N–H and O–H groups in total. The molecular weight excluding hydrogens is 374 g/mol. The molecule has 1 aromatic carbocycles. The van der Waals surface area contributed by atoms with E-state index in [1.807, 2.05) is 24.3 Å². The molecule has 1 aliphatic carbocycles. The maximum absolute atomic E-state index is 13.1. The molecule has 0 saturated heterocycles. The second-order valence-electron chi connectivity index (χ2n) is 6.70. The first-order chi connectivity index (χ1) is 13.6. The number of Topliss-reactive ketones (excluding diaryl/α,β-unsaturated/α-hetero) is 1. The molecule has 0 bridgehead atoms. The van der Waals surface area contributed by atoms with Crippen LogP contribution in [-0.4, -0.2) is 28.6 Å². The number of nitrogens with zero attached hydrogens (tertiary/aromatic N) is 1. The number of carbonyl (C=O) groups excluding carboxylic acids is 1. The molecule has 28 heavy (non-hydrogen) atoms. The fraction of sp³-hybridized carbons (Fsp3) is 0.286. The number of hydrogen-bond acceptors (Lipinski definition) is 6. The van der Waals surface area contributed by atoms with Crippen molar-refractivity contribution in [1.29, 1.82) is 0 Å². The molecule has 2 aromatic rings. The van der Waals surface area contributed by atoms with E-state index in [1.165, 1.54) is 11.8 Å². The summed E-state index contributed by atoms with van der Waals surface area (Å²) >= 11 is 1.41. The first kappa shape index (κ1) is 18.6. The van der Waals surface area contributed by atoms with Crippen LogP contribution in [0, 0.1) is 0 Å². The Labute approximate surface area is 167 Å². The van der Waals surface area contributed by atoms with Gasteiger partial charge >= 0.3 is 0 Å². The summed E-state index contributed by atoms with van der Waals surface area (Å²) in [5.74, 6) is 1.38. The number of aromatic nitrogens is 2. The summed E-state index contributed by atoms with van der Waals surface area (Å²) in [6.45, 7) is 3.70. The van der Waals surface area contributed by atoms with E-state index < -0.39 is 5.92 Å². The zero-order chi connectivity index (χ0) is 19.7. The summed E-state index contributed by atoms with van der Waals surface area (Å²) < 4.78 is 5.54. The first-order valence-electron chi connectivity index (χ1n) is 9.18. The van der Waals surface area contributed by atoms with Gasteiger partial charge in [0.05, 0.1) is 18.6 Å². The molecule has 2 heterocycles. The number of allylic oxidation sites excluding steroid dienone is 2. The Hall–Kier alpha value is -2.80. The Balaban J connectivity index is 1.94. The van der Waals surface area contributed by atoms with Gasteiger partial charge in [0.1, 0.15) is 11.6 Å². The third-order valence-corrected chi connectivity index (χ3v) is 5.89. The van der Waals surface area contributed by atoms with Crippen molar-refractivity contribution < 1.29 is 9.53 Å². The molecule has 0 spiro atoms. The predicted molar refractivity (Wildman–Crippen MR) is 110 cm³/mol. The predicted octanol–water partition coefficient (Wildman–Crippen LogP) is 3.62. The Morgan fingerprint density at radius 1 is 1.32 bits per heavy atom. The average molecular weight is 395 g/mol. The van der Waals surface area contributed by atoms with Gasteiger partial charge in [-0.15, -0.1) is 6.58 Å². The largest absolute Gasteiger partial charge is 0.496 e. The Morgan fingerprint density at radius 2 is 2.14 bits per heavy atom. The monoisotopic (exact) mass is 395 g/mol. The zero-order valence-corrected chi connectivity index (χ0v) is 16.4. The maximum Gasteiger partial charge on any atom is 0.257 e. The van der Waals surface area contributed by atoms with E-state index in [-0.39, 0.29) is 11.3 Å². The molecule has 1 unspecified atom stereocenters. The van der Waals surface area contributed by atoms with Crippen LogP contribution in [0.15, 0.2) is 58.1 Å². The minimum atomic E-state index is -0.495. The van der Waals surface area contributed by atoms with Crippen LogP contribution in [0.25, 0.3) is 0 Å².